The first-order valence-corrected chi connectivity index (χ1v) is 12.6. The molecule has 0 saturated heterocycles. The third-order valence-electron chi connectivity index (χ3n) is 7.49. The molecule has 0 aliphatic heterocycles. The van der Waals surface area contributed by atoms with Gasteiger partial charge in [0.15, 0.2) is 0 Å². The Hall–Kier alpha value is -3.94. The Morgan fingerprint density at radius 1 is 0.528 bits per heavy atom. The first-order chi connectivity index (χ1) is 17.6. The summed E-state index contributed by atoms with van der Waals surface area (Å²) in [5.41, 5.74) is 7.62. The minimum absolute atomic E-state index is 0.250. The molecule has 1 nitrogen and oxygen atoms in total. The molecule has 0 N–H and O–H groups in total. The Labute approximate surface area is 217 Å². The van der Waals surface area contributed by atoms with Gasteiger partial charge in [-0.15, -0.1) is 0 Å². The molecule has 0 radical (unpaired) electrons. The van der Waals surface area contributed by atoms with Crippen molar-refractivity contribution < 1.29 is 4.79 Å². The lowest BCUT2D eigenvalue weighted by atomic mass is 9.51. The van der Waals surface area contributed by atoms with Crippen molar-refractivity contribution in [1.29, 1.82) is 0 Å². The highest BCUT2D eigenvalue weighted by molar-refractivity contribution is 6.30. The summed E-state index contributed by atoms with van der Waals surface area (Å²) in [5.74, 6) is 0.0107. The van der Waals surface area contributed by atoms with Crippen molar-refractivity contribution in [2.24, 2.45) is 0 Å². The molecular weight excluding hydrogens is 460 g/mol. The molecule has 5 aromatic rings. The molecule has 0 spiro atoms. The Morgan fingerprint density at radius 2 is 0.944 bits per heavy atom. The number of carbonyl (C=O) groups excluding carboxylic acids is 1. The van der Waals surface area contributed by atoms with Crippen LogP contribution in [0.15, 0.2) is 133 Å². The number of ketones is 1. The molecule has 36 heavy (non-hydrogen) atoms. The Bertz CT molecular complexity index is 1400. The average Bonchev–Trinajstić information content (AvgIpc) is 2.94. The highest BCUT2D eigenvalue weighted by Crippen LogP contribution is 2.56. The van der Waals surface area contributed by atoms with Gasteiger partial charge in [0.25, 0.3) is 0 Å². The second-order valence-electron chi connectivity index (χ2n) is 9.49. The van der Waals surface area contributed by atoms with Crippen molar-refractivity contribution >= 4 is 17.4 Å². The number of hydrogen-bond acceptors (Lipinski definition) is 1. The molecule has 1 saturated carbocycles. The molecule has 1 fully saturated rings. The third kappa shape index (κ3) is 3.86. The molecule has 0 amide bonds. The van der Waals surface area contributed by atoms with Crippen LogP contribution in [0, 0.1) is 0 Å². The number of hydrogen-bond donors (Lipinski definition) is 0. The van der Waals surface area contributed by atoms with Crippen molar-refractivity contribution in [3.05, 3.63) is 155 Å². The van der Waals surface area contributed by atoms with Gasteiger partial charge >= 0.3 is 0 Å². The number of benzene rings is 5. The number of halogens is 1. The van der Waals surface area contributed by atoms with E-state index in [1.165, 1.54) is 22.3 Å². The molecular formula is C34H25ClO. The maximum absolute atomic E-state index is 13.2. The average molecular weight is 485 g/mol. The standard InChI is InChI=1S/C34H25ClO/c35-31-21-15-28(16-22-31)33-32(36)23-34(33,29-17-11-26(12-18-29)24-7-3-1-4-8-24)30-19-13-27(14-20-30)25-9-5-2-6-10-25/h1-22,33H,23H2. The van der Waals surface area contributed by atoms with Crippen LogP contribution in [0.5, 0.6) is 0 Å². The van der Waals surface area contributed by atoms with Gasteiger partial charge in [0.2, 0.25) is 0 Å². The van der Waals surface area contributed by atoms with E-state index in [9.17, 15) is 4.79 Å². The van der Waals surface area contributed by atoms with E-state index in [0.717, 1.165) is 16.7 Å². The SMILES string of the molecule is O=C1CC(c2ccc(-c3ccccc3)cc2)(c2ccc(-c3ccccc3)cc2)C1c1ccc(Cl)cc1. The Morgan fingerprint density at radius 3 is 1.36 bits per heavy atom. The molecule has 1 aliphatic carbocycles. The van der Waals surface area contributed by atoms with Crippen molar-refractivity contribution in [3.63, 3.8) is 0 Å². The smallest absolute Gasteiger partial charge is 0.142 e. The van der Waals surface area contributed by atoms with E-state index in [-0.39, 0.29) is 11.7 Å². The largest absolute Gasteiger partial charge is 0.299 e. The highest BCUT2D eigenvalue weighted by Gasteiger charge is 2.56. The van der Waals surface area contributed by atoms with E-state index >= 15 is 0 Å². The van der Waals surface area contributed by atoms with Crippen molar-refractivity contribution in [2.45, 2.75) is 17.8 Å². The molecule has 6 rings (SSSR count). The van der Waals surface area contributed by atoms with Crippen LogP contribution >= 0.6 is 11.6 Å². The monoisotopic (exact) mass is 484 g/mol. The van der Waals surface area contributed by atoms with Gasteiger partial charge in [-0.3, -0.25) is 4.79 Å². The van der Waals surface area contributed by atoms with E-state index in [0.29, 0.717) is 11.4 Å². The molecule has 0 bridgehead atoms. The zero-order chi connectivity index (χ0) is 24.5. The van der Waals surface area contributed by atoms with Gasteiger partial charge < -0.3 is 0 Å². The van der Waals surface area contributed by atoms with Crippen LogP contribution in [0.3, 0.4) is 0 Å². The predicted molar refractivity (Wildman–Crippen MR) is 148 cm³/mol. The van der Waals surface area contributed by atoms with Gasteiger partial charge in [0.05, 0.1) is 5.92 Å². The summed E-state index contributed by atoms with van der Waals surface area (Å²) in [4.78, 5) is 13.2. The van der Waals surface area contributed by atoms with Gasteiger partial charge in [-0.1, -0.05) is 133 Å². The summed E-state index contributed by atoms with van der Waals surface area (Å²) in [5, 5.41) is 0.676. The van der Waals surface area contributed by atoms with Crippen LogP contribution in [-0.2, 0) is 10.2 Å². The van der Waals surface area contributed by atoms with Crippen molar-refractivity contribution in [3.8, 4) is 22.3 Å². The summed E-state index contributed by atoms with van der Waals surface area (Å²) in [7, 11) is 0. The predicted octanol–water partition coefficient (Wildman–Crippen LogP) is 8.72. The van der Waals surface area contributed by atoms with E-state index in [1.54, 1.807) is 0 Å². The molecule has 174 valence electrons. The van der Waals surface area contributed by atoms with Crippen LogP contribution in [0.2, 0.25) is 5.02 Å². The molecule has 0 heterocycles. The minimum Gasteiger partial charge on any atom is -0.299 e. The Balaban J connectivity index is 1.46. The van der Waals surface area contributed by atoms with Gasteiger partial charge in [0, 0.05) is 16.9 Å². The maximum Gasteiger partial charge on any atom is 0.142 e. The summed E-state index contributed by atoms with van der Waals surface area (Å²) in [6.07, 6.45) is 0.482. The topological polar surface area (TPSA) is 17.1 Å². The molecule has 0 aromatic heterocycles. The van der Waals surface area contributed by atoms with Gasteiger partial charge in [-0.25, -0.2) is 0 Å². The second-order valence-corrected chi connectivity index (χ2v) is 9.92. The van der Waals surface area contributed by atoms with Gasteiger partial charge in [-0.2, -0.15) is 0 Å². The van der Waals surface area contributed by atoms with E-state index in [1.807, 2.05) is 36.4 Å². The normalized spacial score (nSPS) is 16.4. The summed E-state index contributed by atoms with van der Waals surface area (Å²) < 4.78 is 0. The lowest BCUT2D eigenvalue weighted by molar-refractivity contribution is -0.130. The van der Waals surface area contributed by atoms with Gasteiger partial charge in [0.1, 0.15) is 5.78 Å². The summed E-state index contributed by atoms with van der Waals surface area (Å²) in [6.45, 7) is 0. The third-order valence-corrected chi connectivity index (χ3v) is 7.74. The lowest BCUT2D eigenvalue weighted by Crippen LogP contribution is -2.51. The molecule has 1 atom stereocenters. The fourth-order valence-corrected chi connectivity index (χ4v) is 5.76. The maximum atomic E-state index is 13.2. The summed E-state index contributed by atoms with van der Waals surface area (Å²) in [6, 6.07) is 46.0. The van der Waals surface area contributed by atoms with Crippen LogP contribution in [-0.4, -0.2) is 5.78 Å². The fraction of sp³-hybridized carbons (Fsp3) is 0.0882. The van der Waals surface area contributed by atoms with Crippen molar-refractivity contribution in [2.75, 3.05) is 0 Å². The summed E-state index contributed by atoms with van der Waals surface area (Å²) >= 11 is 6.19. The first kappa shape index (κ1) is 22.5. The van der Waals surface area contributed by atoms with Crippen LogP contribution in [0.4, 0.5) is 0 Å². The van der Waals surface area contributed by atoms with Crippen LogP contribution < -0.4 is 0 Å². The quantitative estimate of drug-likeness (QED) is 0.244. The van der Waals surface area contributed by atoms with Crippen LogP contribution in [0.25, 0.3) is 22.3 Å². The second kappa shape index (κ2) is 9.26. The fourth-order valence-electron chi connectivity index (χ4n) is 5.63. The van der Waals surface area contributed by atoms with E-state index in [2.05, 4.69) is 97.1 Å². The molecule has 5 aromatic carbocycles. The van der Waals surface area contributed by atoms with Gasteiger partial charge in [-0.05, 0) is 51.1 Å². The molecule has 1 aliphatic rings. The number of carbonyl (C=O) groups is 1. The molecule has 2 heteroatoms. The minimum atomic E-state index is -0.421. The van der Waals surface area contributed by atoms with E-state index < -0.39 is 5.41 Å². The Kier molecular flexibility index (Phi) is 5.79. The number of Topliss-reactive ketones (excluding diaryl/α,β-unsaturated/α-hetero) is 1. The van der Waals surface area contributed by atoms with E-state index in [4.69, 9.17) is 11.6 Å². The highest BCUT2D eigenvalue weighted by atomic mass is 35.5. The zero-order valence-corrected chi connectivity index (χ0v) is 20.5. The molecule has 1 unspecified atom stereocenters. The first-order valence-electron chi connectivity index (χ1n) is 12.3. The lowest BCUT2D eigenvalue weighted by Gasteiger charge is -2.49. The number of rotatable bonds is 5. The van der Waals surface area contributed by atoms with Crippen LogP contribution in [0.1, 0.15) is 29.0 Å². The zero-order valence-electron chi connectivity index (χ0n) is 19.8. The van der Waals surface area contributed by atoms with Crippen molar-refractivity contribution in [1.82, 2.24) is 0 Å².